The van der Waals surface area contributed by atoms with Gasteiger partial charge in [-0.2, -0.15) is 18.8 Å². The Hall–Kier alpha value is -1.73. The van der Waals surface area contributed by atoms with Gasteiger partial charge in [0.25, 0.3) is 10.0 Å². The molecule has 0 saturated carbocycles. The molecule has 118 valence electrons. The monoisotopic (exact) mass is 337 g/mol. The van der Waals surface area contributed by atoms with E-state index in [4.69, 9.17) is 0 Å². The fourth-order valence-corrected chi connectivity index (χ4v) is 3.64. The summed E-state index contributed by atoms with van der Waals surface area (Å²) in [7, 11) is -3.94. The fourth-order valence-electron chi connectivity index (χ4n) is 1.92. The number of unbranched alkanes of at least 4 members (excludes halogenated alkanes) is 1. The lowest BCUT2D eigenvalue weighted by molar-refractivity contribution is -0.513. The molecule has 0 aromatic heterocycles. The number of rotatable bonds is 5. The van der Waals surface area contributed by atoms with Gasteiger partial charge in [0, 0.05) is 4.91 Å². The van der Waals surface area contributed by atoms with Gasteiger partial charge in [-0.15, -0.1) is 0 Å². The summed E-state index contributed by atoms with van der Waals surface area (Å²) < 4.78 is 28.0. The lowest BCUT2D eigenvalue weighted by atomic mass is 10.1. The second-order valence-electron chi connectivity index (χ2n) is 4.74. The van der Waals surface area contributed by atoms with Crippen molar-refractivity contribution in [1.29, 1.82) is 0 Å². The van der Waals surface area contributed by atoms with Crippen LogP contribution in [-0.4, -0.2) is 14.1 Å². The van der Waals surface area contributed by atoms with E-state index in [9.17, 15) is 18.6 Å². The first kappa shape index (κ1) is 16.6. The summed E-state index contributed by atoms with van der Waals surface area (Å²) in [6.45, 7) is 2.09. The molecule has 0 atom stereocenters. The molecular weight excluding hydrogens is 322 g/mol. The van der Waals surface area contributed by atoms with E-state index in [1.807, 2.05) is 0 Å². The Morgan fingerprint density at radius 2 is 1.91 bits per heavy atom. The average Bonchev–Trinajstić information content (AvgIpc) is 2.93. The molecule has 0 radical (unpaired) electrons. The van der Waals surface area contributed by atoms with Gasteiger partial charge in [0.05, 0.1) is 10.6 Å². The van der Waals surface area contributed by atoms with Crippen LogP contribution in [0.2, 0.25) is 0 Å². The zero-order chi connectivity index (χ0) is 16.2. The summed E-state index contributed by atoms with van der Waals surface area (Å²) in [5.74, 6) is -1.43. The molecule has 0 unspecified atom stereocenters. The van der Waals surface area contributed by atoms with E-state index in [0.29, 0.717) is 0 Å². The van der Waals surface area contributed by atoms with Crippen molar-refractivity contribution in [2.75, 3.05) is 0 Å². The minimum Gasteiger partial charge on any atom is -0.883 e. The highest BCUT2D eigenvalue weighted by Gasteiger charge is 2.17. The van der Waals surface area contributed by atoms with Crippen molar-refractivity contribution in [3.8, 4) is 0 Å². The number of aryl methyl sites for hydroxylation is 1. The topological polar surface area (TPSA) is 92.6 Å². The summed E-state index contributed by atoms with van der Waals surface area (Å²) in [6, 6.07) is 6.50. The van der Waals surface area contributed by atoms with Gasteiger partial charge in [0.2, 0.25) is 0 Å². The molecule has 0 spiro atoms. The molecule has 1 aliphatic rings. The van der Waals surface area contributed by atoms with Crippen LogP contribution in [0, 0.1) is 0 Å². The second kappa shape index (κ2) is 7.02. The summed E-state index contributed by atoms with van der Waals surface area (Å²) in [5, 5.41) is 23.3. The maximum atomic E-state index is 12.2. The van der Waals surface area contributed by atoms with Crippen LogP contribution in [-0.2, 0) is 16.4 Å². The molecule has 0 saturated heterocycles. The number of nitrogens with zero attached hydrogens (tertiary/aromatic N) is 1. The highest BCUT2D eigenvalue weighted by Crippen LogP contribution is 2.28. The van der Waals surface area contributed by atoms with Gasteiger partial charge in [0.1, 0.15) is 0 Å². The third-order valence-corrected chi connectivity index (χ3v) is 5.28. The Morgan fingerprint density at radius 1 is 1.23 bits per heavy atom. The molecule has 0 aliphatic carbocycles. The van der Waals surface area contributed by atoms with Crippen molar-refractivity contribution in [3.63, 3.8) is 0 Å². The normalized spacial score (nSPS) is 16.4. The van der Waals surface area contributed by atoms with Crippen LogP contribution in [0.4, 0.5) is 0 Å². The molecular formula is C15H15NO4S2-2. The summed E-state index contributed by atoms with van der Waals surface area (Å²) in [5.41, 5.74) is 0.965. The van der Waals surface area contributed by atoms with Crippen LogP contribution in [0.15, 0.2) is 55.9 Å². The van der Waals surface area contributed by atoms with Crippen molar-refractivity contribution in [2.24, 2.45) is 4.40 Å². The maximum Gasteiger partial charge on any atom is 0.282 e. The summed E-state index contributed by atoms with van der Waals surface area (Å²) in [6.07, 6.45) is 4.36. The van der Waals surface area contributed by atoms with Crippen LogP contribution in [0.25, 0.3) is 0 Å². The van der Waals surface area contributed by atoms with Gasteiger partial charge in [-0.05, 0) is 42.0 Å². The number of hydrogen-bond acceptors (Lipinski definition) is 5. The third-order valence-electron chi connectivity index (χ3n) is 3.09. The molecule has 0 bridgehead atoms. The van der Waals surface area contributed by atoms with E-state index in [0.717, 1.165) is 36.6 Å². The molecule has 1 aliphatic heterocycles. The molecule has 7 heteroatoms. The first-order valence-electron chi connectivity index (χ1n) is 6.80. The highest BCUT2D eigenvalue weighted by atomic mass is 32.2. The zero-order valence-electron chi connectivity index (χ0n) is 12.0. The largest absolute Gasteiger partial charge is 0.883 e. The average molecular weight is 337 g/mol. The van der Waals surface area contributed by atoms with E-state index in [2.05, 4.69) is 11.3 Å². The lowest BCUT2D eigenvalue weighted by Crippen LogP contribution is -2.22. The van der Waals surface area contributed by atoms with Crippen molar-refractivity contribution in [2.45, 2.75) is 31.1 Å². The van der Waals surface area contributed by atoms with Gasteiger partial charge in [-0.25, -0.2) is 0 Å². The molecule has 1 aromatic rings. The molecule has 0 fully saturated rings. The van der Waals surface area contributed by atoms with Crippen LogP contribution in [0.1, 0.15) is 25.3 Å². The summed E-state index contributed by atoms with van der Waals surface area (Å²) in [4.78, 5) is -0.147. The molecule has 1 heterocycles. The van der Waals surface area contributed by atoms with Crippen molar-refractivity contribution in [1.82, 2.24) is 0 Å². The van der Waals surface area contributed by atoms with Gasteiger partial charge in [0.15, 0.2) is 0 Å². The molecule has 1 aromatic carbocycles. The van der Waals surface area contributed by atoms with E-state index in [1.54, 1.807) is 12.1 Å². The van der Waals surface area contributed by atoms with Crippen LogP contribution in [0.5, 0.6) is 0 Å². The smallest absolute Gasteiger partial charge is 0.282 e. The van der Waals surface area contributed by atoms with E-state index >= 15 is 0 Å². The Labute approximate surface area is 134 Å². The van der Waals surface area contributed by atoms with Crippen LogP contribution < -0.4 is 10.2 Å². The Balaban J connectivity index is 2.27. The highest BCUT2D eigenvalue weighted by molar-refractivity contribution is 8.07. The van der Waals surface area contributed by atoms with Crippen LogP contribution >= 0.6 is 11.8 Å². The SMILES string of the molecule is CCCCc1ccc(S(=O)(=O)N=C2C=CSC2=C([O-])[O-])cc1. The minimum atomic E-state index is -3.94. The summed E-state index contributed by atoms with van der Waals surface area (Å²) >= 11 is 0.885. The maximum absolute atomic E-state index is 12.2. The zero-order valence-corrected chi connectivity index (χ0v) is 13.6. The van der Waals surface area contributed by atoms with Gasteiger partial charge in [-0.1, -0.05) is 37.2 Å². The van der Waals surface area contributed by atoms with Gasteiger partial charge < -0.3 is 10.2 Å². The van der Waals surface area contributed by atoms with Crippen molar-refractivity contribution < 1.29 is 18.6 Å². The number of sulfonamides is 1. The third kappa shape index (κ3) is 3.92. The number of benzene rings is 1. The number of thioether (sulfide) groups is 1. The predicted octanol–water partition coefficient (Wildman–Crippen LogP) is 1.31. The fraction of sp³-hybridized carbons (Fsp3) is 0.267. The Morgan fingerprint density at radius 3 is 2.50 bits per heavy atom. The minimum absolute atomic E-state index is 0.0447. The van der Waals surface area contributed by atoms with Crippen LogP contribution in [0.3, 0.4) is 0 Å². The lowest BCUT2D eigenvalue weighted by Gasteiger charge is -2.20. The molecule has 5 nitrogen and oxygen atoms in total. The first-order chi connectivity index (χ1) is 10.4. The number of hydrogen-bond donors (Lipinski definition) is 0. The Kier molecular flexibility index (Phi) is 5.31. The van der Waals surface area contributed by atoms with Gasteiger partial charge in [-0.3, -0.25) is 0 Å². The second-order valence-corrected chi connectivity index (χ2v) is 7.26. The molecule has 0 amide bonds. The van der Waals surface area contributed by atoms with Gasteiger partial charge >= 0.3 is 0 Å². The quantitative estimate of drug-likeness (QED) is 0.755. The van der Waals surface area contributed by atoms with E-state index < -0.39 is 16.0 Å². The number of allylic oxidation sites excluding steroid dienone is 2. The predicted molar refractivity (Wildman–Crippen MR) is 83.4 cm³/mol. The first-order valence-corrected chi connectivity index (χ1v) is 9.12. The van der Waals surface area contributed by atoms with Crippen molar-refractivity contribution in [3.05, 3.63) is 52.2 Å². The molecule has 22 heavy (non-hydrogen) atoms. The van der Waals surface area contributed by atoms with E-state index in [1.165, 1.54) is 23.6 Å². The molecule has 0 N–H and O–H groups in total. The standard InChI is InChI=1S/C15H17NO4S2/c1-2-3-4-11-5-7-12(8-6-11)22(19,20)16-13-9-10-21-14(13)15(17)18/h5-10,17-18H,2-4H2,1H3/p-2. The van der Waals surface area contributed by atoms with E-state index in [-0.39, 0.29) is 15.5 Å². The Bertz CT molecular complexity index is 727. The molecule has 2 rings (SSSR count). The van der Waals surface area contributed by atoms with Crippen molar-refractivity contribution >= 4 is 27.5 Å².